The Labute approximate surface area is 108 Å². The maximum absolute atomic E-state index is 10.4. The molecule has 0 atom stereocenters. The standard InChI is InChI=1S/C14H22N2O2/c1-18-13-8-11(15)7-12(9-13)16-10-14(17)5-3-2-4-6-14/h7-9,16-17H,2-6,10,15H2,1H3. The Hall–Kier alpha value is -1.42. The number of nitrogens with two attached hydrogens (primary N) is 1. The van der Waals surface area contributed by atoms with E-state index in [4.69, 9.17) is 10.5 Å². The smallest absolute Gasteiger partial charge is 0.122 e. The van der Waals surface area contributed by atoms with Gasteiger partial charge in [0, 0.05) is 30.1 Å². The minimum Gasteiger partial charge on any atom is -0.497 e. The maximum Gasteiger partial charge on any atom is 0.122 e. The number of methoxy groups -OCH3 is 1. The van der Waals surface area contributed by atoms with E-state index in [1.807, 2.05) is 12.1 Å². The number of aliphatic hydroxyl groups is 1. The lowest BCUT2D eigenvalue weighted by Gasteiger charge is -2.32. The summed E-state index contributed by atoms with van der Waals surface area (Å²) in [6.07, 6.45) is 5.20. The van der Waals surface area contributed by atoms with Crippen molar-refractivity contribution >= 4 is 11.4 Å². The van der Waals surface area contributed by atoms with Crippen LogP contribution < -0.4 is 15.8 Å². The van der Waals surface area contributed by atoms with E-state index in [1.165, 1.54) is 6.42 Å². The molecule has 0 aromatic heterocycles. The number of benzene rings is 1. The highest BCUT2D eigenvalue weighted by atomic mass is 16.5. The molecule has 4 N–H and O–H groups in total. The van der Waals surface area contributed by atoms with E-state index in [9.17, 15) is 5.11 Å². The van der Waals surface area contributed by atoms with Gasteiger partial charge in [-0.25, -0.2) is 0 Å². The minimum atomic E-state index is -0.573. The van der Waals surface area contributed by atoms with Gasteiger partial charge < -0.3 is 20.9 Å². The van der Waals surface area contributed by atoms with Gasteiger partial charge in [-0.05, 0) is 18.9 Å². The lowest BCUT2D eigenvalue weighted by Crippen LogP contribution is -2.38. The van der Waals surface area contributed by atoms with Gasteiger partial charge in [-0.1, -0.05) is 19.3 Å². The van der Waals surface area contributed by atoms with Crippen molar-refractivity contribution in [2.45, 2.75) is 37.7 Å². The highest BCUT2D eigenvalue weighted by Crippen LogP contribution is 2.29. The molecule has 0 heterocycles. The Balaban J connectivity index is 1.98. The second-order valence-electron chi connectivity index (χ2n) is 5.13. The van der Waals surface area contributed by atoms with Gasteiger partial charge in [-0.15, -0.1) is 0 Å². The summed E-state index contributed by atoms with van der Waals surface area (Å²) in [5.41, 5.74) is 6.77. The van der Waals surface area contributed by atoms with Crippen LogP contribution in [0.15, 0.2) is 18.2 Å². The van der Waals surface area contributed by atoms with Crippen molar-refractivity contribution in [3.05, 3.63) is 18.2 Å². The summed E-state index contributed by atoms with van der Waals surface area (Å²) in [6, 6.07) is 5.53. The van der Waals surface area contributed by atoms with Gasteiger partial charge in [0.2, 0.25) is 0 Å². The highest BCUT2D eigenvalue weighted by molar-refractivity contribution is 5.59. The molecule has 2 rings (SSSR count). The highest BCUT2D eigenvalue weighted by Gasteiger charge is 2.28. The number of nitrogens with one attached hydrogen (secondary N) is 1. The first kappa shape index (κ1) is 13.0. The molecule has 0 saturated heterocycles. The fourth-order valence-corrected chi connectivity index (χ4v) is 2.50. The molecular formula is C14H22N2O2. The van der Waals surface area contributed by atoms with Gasteiger partial charge in [0.25, 0.3) is 0 Å². The molecule has 4 nitrogen and oxygen atoms in total. The Morgan fingerprint density at radius 1 is 1.28 bits per heavy atom. The number of nitrogen functional groups attached to an aromatic ring is 1. The molecule has 0 radical (unpaired) electrons. The van der Waals surface area contributed by atoms with Crippen LogP contribution in [0.2, 0.25) is 0 Å². The summed E-state index contributed by atoms with van der Waals surface area (Å²) in [7, 11) is 1.62. The zero-order chi connectivity index (χ0) is 13.0. The zero-order valence-electron chi connectivity index (χ0n) is 10.9. The minimum absolute atomic E-state index is 0.569. The summed E-state index contributed by atoms with van der Waals surface area (Å²) in [5, 5.41) is 13.7. The predicted octanol–water partition coefficient (Wildman–Crippen LogP) is 2.38. The second-order valence-corrected chi connectivity index (χ2v) is 5.13. The SMILES string of the molecule is COc1cc(N)cc(NCC2(O)CCCCC2)c1. The molecule has 0 amide bonds. The largest absolute Gasteiger partial charge is 0.497 e. The predicted molar refractivity (Wildman–Crippen MR) is 73.9 cm³/mol. The number of hydrogen-bond acceptors (Lipinski definition) is 4. The molecule has 1 saturated carbocycles. The van der Waals surface area contributed by atoms with Gasteiger partial charge in [0.15, 0.2) is 0 Å². The first-order chi connectivity index (χ1) is 8.61. The van der Waals surface area contributed by atoms with Crippen LogP contribution in [0.4, 0.5) is 11.4 Å². The fraction of sp³-hybridized carbons (Fsp3) is 0.571. The fourth-order valence-electron chi connectivity index (χ4n) is 2.50. The van der Waals surface area contributed by atoms with E-state index in [0.717, 1.165) is 37.1 Å². The average molecular weight is 250 g/mol. The number of rotatable bonds is 4. The lowest BCUT2D eigenvalue weighted by atomic mass is 9.85. The van der Waals surface area contributed by atoms with Gasteiger partial charge in [-0.2, -0.15) is 0 Å². The zero-order valence-corrected chi connectivity index (χ0v) is 10.9. The summed E-state index contributed by atoms with van der Waals surface area (Å²) in [6.45, 7) is 0.569. The lowest BCUT2D eigenvalue weighted by molar-refractivity contribution is 0.0167. The molecular weight excluding hydrogens is 228 g/mol. The second kappa shape index (κ2) is 5.48. The summed E-state index contributed by atoms with van der Waals surface area (Å²) in [4.78, 5) is 0. The molecule has 0 bridgehead atoms. The van der Waals surface area contributed by atoms with Crippen LogP contribution in [0, 0.1) is 0 Å². The van der Waals surface area contributed by atoms with Crippen molar-refractivity contribution in [3.63, 3.8) is 0 Å². The van der Waals surface area contributed by atoms with Crippen molar-refractivity contribution in [2.24, 2.45) is 0 Å². The molecule has 0 spiro atoms. The molecule has 4 heteroatoms. The quantitative estimate of drug-likeness (QED) is 0.718. The Kier molecular flexibility index (Phi) is 3.97. The van der Waals surface area contributed by atoms with Crippen molar-refractivity contribution in [1.82, 2.24) is 0 Å². The molecule has 1 aliphatic carbocycles. The third-order valence-electron chi connectivity index (χ3n) is 3.57. The van der Waals surface area contributed by atoms with E-state index in [0.29, 0.717) is 12.2 Å². The third-order valence-corrected chi connectivity index (χ3v) is 3.57. The monoisotopic (exact) mass is 250 g/mol. The van der Waals surface area contributed by atoms with Crippen molar-refractivity contribution in [1.29, 1.82) is 0 Å². The first-order valence-corrected chi connectivity index (χ1v) is 6.52. The van der Waals surface area contributed by atoms with Crippen LogP contribution in [0.3, 0.4) is 0 Å². The van der Waals surface area contributed by atoms with Crippen LogP contribution >= 0.6 is 0 Å². The molecule has 0 aliphatic heterocycles. The van der Waals surface area contributed by atoms with E-state index < -0.39 is 5.60 Å². The molecule has 1 aromatic rings. The van der Waals surface area contributed by atoms with Crippen LogP contribution in [-0.2, 0) is 0 Å². The molecule has 0 unspecified atom stereocenters. The van der Waals surface area contributed by atoms with E-state index in [-0.39, 0.29) is 0 Å². The van der Waals surface area contributed by atoms with Crippen molar-refractivity contribution < 1.29 is 9.84 Å². The van der Waals surface area contributed by atoms with Gasteiger partial charge in [0.1, 0.15) is 5.75 Å². The Morgan fingerprint density at radius 3 is 2.67 bits per heavy atom. The molecule has 1 aliphatic rings. The number of ether oxygens (including phenoxy) is 1. The number of anilines is 2. The summed E-state index contributed by atoms with van der Waals surface area (Å²) in [5.74, 6) is 0.730. The maximum atomic E-state index is 10.4. The van der Waals surface area contributed by atoms with Crippen LogP contribution in [0.25, 0.3) is 0 Å². The summed E-state index contributed by atoms with van der Waals surface area (Å²) >= 11 is 0. The Morgan fingerprint density at radius 2 is 2.00 bits per heavy atom. The van der Waals surface area contributed by atoms with Crippen LogP contribution in [-0.4, -0.2) is 24.4 Å². The van der Waals surface area contributed by atoms with Crippen LogP contribution in [0.5, 0.6) is 5.75 Å². The average Bonchev–Trinajstić information content (AvgIpc) is 2.37. The van der Waals surface area contributed by atoms with Crippen molar-refractivity contribution in [3.8, 4) is 5.75 Å². The van der Waals surface area contributed by atoms with Gasteiger partial charge in [-0.3, -0.25) is 0 Å². The van der Waals surface area contributed by atoms with Gasteiger partial charge >= 0.3 is 0 Å². The molecule has 100 valence electrons. The molecule has 18 heavy (non-hydrogen) atoms. The third kappa shape index (κ3) is 3.29. The van der Waals surface area contributed by atoms with Gasteiger partial charge in [0.05, 0.1) is 12.7 Å². The normalized spacial score (nSPS) is 18.3. The summed E-state index contributed by atoms with van der Waals surface area (Å²) < 4.78 is 5.17. The number of hydrogen-bond donors (Lipinski definition) is 3. The molecule has 1 aromatic carbocycles. The van der Waals surface area contributed by atoms with Crippen molar-refractivity contribution in [2.75, 3.05) is 24.7 Å². The van der Waals surface area contributed by atoms with Crippen LogP contribution in [0.1, 0.15) is 32.1 Å². The Bertz CT molecular complexity index is 401. The molecule has 1 fully saturated rings. The van der Waals surface area contributed by atoms with E-state index >= 15 is 0 Å². The van der Waals surface area contributed by atoms with E-state index in [1.54, 1.807) is 13.2 Å². The topological polar surface area (TPSA) is 67.5 Å². The van der Waals surface area contributed by atoms with E-state index in [2.05, 4.69) is 5.32 Å². The first-order valence-electron chi connectivity index (χ1n) is 6.52.